The minimum absolute atomic E-state index is 0.347. The molecule has 1 fully saturated rings. The number of rotatable bonds is 4. The van der Waals surface area contributed by atoms with Gasteiger partial charge < -0.3 is 10.6 Å². The third-order valence-electron chi connectivity index (χ3n) is 4.96. The highest BCUT2D eigenvalue weighted by atomic mass is 16.2. The van der Waals surface area contributed by atoms with Gasteiger partial charge in [-0.1, -0.05) is 60.7 Å². The SMILES string of the molecule is CC1(c2cccc3ccccc23)NC(=O)N(CC(=O)Nc2ccccc2)C1=O. The van der Waals surface area contributed by atoms with Crippen LogP contribution in [0.25, 0.3) is 10.8 Å². The summed E-state index contributed by atoms with van der Waals surface area (Å²) in [6.45, 7) is 1.32. The first-order chi connectivity index (χ1) is 13.5. The Labute approximate surface area is 162 Å². The molecule has 1 aliphatic rings. The summed E-state index contributed by atoms with van der Waals surface area (Å²) in [5.74, 6) is -0.881. The van der Waals surface area contributed by atoms with E-state index in [1.54, 1.807) is 31.2 Å². The van der Waals surface area contributed by atoms with Crippen LogP contribution in [-0.4, -0.2) is 29.3 Å². The van der Waals surface area contributed by atoms with Crippen molar-refractivity contribution < 1.29 is 14.4 Å². The molecule has 2 N–H and O–H groups in total. The van der Waals surface area contributed by atoms with Crippen LogP contribution in [0.15, 0.2) is 72.8 Å². The number of nitrogens with zero attached hydrogens (tertiary/aromatic N) is 1. The maximum atomic E-state index is 13.1. The zero-order valence-electron chi connectivity index (χ0n) is 15.3. The molecule has 4 rings (SSSR count). The molecule has 0 radical (unpaired) electrons. The molecule has 6 nitrogen and oxygen atoms in total. The number of carbonyl (C=O) groups is 3. The number of fused-ring (bicyclic) bond motifs is 1. The van der Waals surface area contributed by atoms with Crippen LogP contribution in [0.2, 0.25) is 0 Å². The number of carbonyl (C=O) groups excluding carboxylic acids is 3. The van der Waals surface area contributed by atoms with Crippen molar-refractivity contribution in [3.63, 3.8) is 0 Å². The van der Waals surface area contributed by atoms with Crippen LogP contribution in [0.5, 0.6) is 0 Å². The predicted molar refractivity (Wildman–Crippen MR) is 107 cm³/mol. The molecule has 0 saturated carbocycles. The molecule has 28 heavy (non-hydrogen) atoms. The van der Waals surface area contributed by atoms with E-state index in [0.717, 1.165) is 15.7 Å². The minimum atomic E-state index is -1.23. The Balaban J connectivity index is 1.60. The van der Waals surface area contributed by atoms with Gasteiger partial charge in [0.15, 0.2) is 0 Å². The van der Waals surface area contributed by atoms with Gasteiger partial charge in [0.2, 0.25) is 5.91 Å². The Hall–Kier alpha value is -3.67. The Kier molecular flexibility index (Phi) is 4.31. The summed E-state index contributed by atoms with van der Waals surface area (Å²) in [6.07, 6.45) is 0. The van der Waals surface area contributed by atoms with Crippen LogP contribution < -0.4 is 10.6 Å². The van der Waals surface area contributed by atoms with Crippen LogP contribution in [-0.2, 0) is 15.1 Å². The lowest BCUT2D eigenvalue weighted by molar-refractivity contribution is -0.133. The molecule has 0 bridgehead atoms. The number of hydrogen-bond acceptors (Lipinski definition) is 3. The molecule has 3 aromatic rings. The fourth-order valence-electron chi connectivity index (χ4n) is 3.55. The van der Waals surface area contributed by atoms with Gasteiger partial charge in [0, 0.05) is 5.69 Å². The quantitative estimate of drug-likeness (QED) is 0.689. The fraction of sp³-hybridized carbons (Fsp3) is 0.136. The predicted octanol–water partition coefficient (Wildman–Crippen LogP) is 3.25. The topological polar surface area (TPSA) is 78.5 Å². The van der Waals surface area contributed by atoms with E-state index in [9.17, 15) is 14.4 Å². The lowest BCUT2D eigenvalue weighted by atomic mass is 9.88. The highest BCUT2D eigenvalue weighted by Gasteiger charge is 2.50. The average Bonchev–Trinajstić information content (AvgIpc) is 2.92. The third kappa shape index (κ3) is 2.99. The second-order valence-corrected chi connectivity index (χ2v) is 6.89. The Morgan fingerprint density at radius 2 is 1.64 bits per heavy atom. The van der Waals surface area contributed by atoms with E-state index in [0.29, 0.717) is 11.3 Å². The van der Waals surface area contributed by atoms with E-state index in [2.05, 4.69) is 10.6 Å². The van der Waals surface area contributed by atoms with Crippen molar-refractivity contribution in [3.05, 3.63) is 78.4 Å². The van der Waals surface area contributed by atoms with E-state index in [1.165, 1.54) is 0 Å². The van der Waals surface area contributed by atoms with Crippen LogP contribution in [0.1, 0.15) is 12.5 Å². The molecule has 1 atom stereocenters. The van der Waals surface area contributed by atoms with Crippen LogP contribution in [0.3, 0.4) is 0 Å². The molecular formula is C22H19N3O3. The monoisotopic (exact) mass is 373 g/mol. The maximum absolute atomic E-state index is 13.1. The van der Waals surface area contributed by atoms with Gasteiger partial charge in [-0.3, -0.25) is 14.5 Å². The molecule has 140 valence electrons. The Morgan fingerprint density at radius 3 is 2.43 bits per heavy atom. The highest BCUT2D eigenvalue weighted by molar-refractivity contribution is 6.11. The number of hydrogen-bond donors (Lipinski definition) is 2. The molecule has 3 aromatic carbocycles. The van der Waals surface area contributed by atoms with Gasteiger partial charge in [-0.05, 0) is 35.4 Å². The molecule has 0 spiro atoms. The van der Waals surface area contributed by atoms with Crippen molar-refractivity contribution in [1.82, 2.24) is 10.2 Å². The molecule has 1 heterocycles. The zero-order valence-corrected chi connectivity index (χ0v) is 15.3. The minimum Gasteiger partial charge on any atom is -0.325 e. The summed E-state index contributed by atoms with van der Waals surface area (Å²) in [6, 6.07) is 21.6. The fourth-order valence-corrected chi connectivity index (χ4v) is 3.55. The molecular weight excluding hydrogens is 354 g/mol. The van der Waals surface area contributed by atoms with Gasteiger partial charge in [0.05, 0.1) is 0 Å². The Bertz CT molecular complexity index is 1080. The van der Waals surface area contributed by atoms with E-state index in [4.69, 9.17) is 0 Å². The molecule has 0 aromatic heterocycles. The zero-order chi connectivity index (χ0) is 19.7. The maximum Gasteiger partial charge on any atom is 0.325 e. The van der Waals surface area contributed by atoms with E-state index in [1.807, 2.05) is 48.5 Å². The first kappa shape index (κ1) is 17.7. The first-order valence-corrected chi connectivity index (χ1v) is 8.96. The number of urea groups is 1. The molecule has 4 amide bonds. The largest absolute Gasteiger partial charge is 0.325 e. The van der Waals surface area contributed by atoms with Crippen molar-refractivity contribution in [2.75, 3.05) is 11.9 Å². The lowest BCUT2D eigenvalue weighted by Crippen LogP contribution is -2.42. The standard InChI is InChI=1S/C22H19N3O3/c1-22(18-13-7-9-15-8-5-6-12-17(15)18)20(27)25(21(28)24-22)14-19(26)23-16-10-3-2-4-11-16/h2-13H,14H2,1H3,(H,23,26)(H,24,28). The summed E-state index contributed by atoms with van der Waals surface area (Å²) in [4.78, 5) is 38.9. The summed E-state index contributed by atoms with van der Waals surface area (Å²) in [5, 5.41) is 7.32. The summed E-state index contributed by atoms with van der Waals surface area (Å²) < 4.78 is 0. The molecule has 1 aliphatic heterocycles. The van der Waals surface area contributed by atoms with Gasteiger partial charge in [-0.25, -0.2) is 4.79 Å². The Morgan fingerprint density at radius 1 is 0.964 bits per heavy atom. The molecule has 1 saturated heterocycles. The van der Waals surface area contributed by atoms with Crippen LogP contribution in [0.4, 0.5) is 10.5 Å². The van der Waals surface area contributed by atoms with Gasteiger partial charge in [0.25, 0.3) is 5.91 Å². The number of para-hydroxylation sites is 1. The first-order valence-electron chi connectivity index (χ1n) is 8.96. The molecule has 0 aliphatic carbocycles. The smallest absolute Gasteiger partial charge is 0.325 e. The van der Waals surface area contributed by atoms with E-state index < -0.39 is 23.4 Å². The molecule has 1 unspecified atom stereocenters. The van der Waals surface area contributed by atoms with Crippen LogP contribution >= 0.6 is 0 Å². The summed E-state index contributed by atoms with van der Waals surface area (Å²) in [5.41, 5.74) is 0.0802. The third-order valence-corrected chi connectivity index (χ3v) is 4.96. The molecule has 6 heteroatoms. The van der Waals surface area contributed by atoms with E-state index >= 15 is 0 Å². The van der Waals surface area contributed by atoms with Gasteiger partial charge in [-0.2, -0.15) is 0 Å². The van der Waals surface area contributed by atoms with Crippen LogP contribution in [0, 0.1) is 0 Å². The van der Waals surface area contributed by atoms with Crippen molar-refractivity contribution in [2.45, 2.75) is 12.5 Å². The number of imide groups is 1. The summed E-state index contributed by atoms with van der Waals surface area (Å²) in [7, 11) is 0. The number of anilines is 1. The number of amides is 4. The van der Waals surface area contributed by atoms with Gasteiger partial charge in [0.1, 0.15) is 12.1 Å². The summed E-state index contributed by atoms with van der Waals surface area (Å²) >= 11 is 0. The average molecular weight is 373 g/mol. The van der Waals surface area contributed by atoms with Gasteiger partial charge >= 0.3 is 6.03 Å². The lowest BCUT2D eigenvalue weighted by Gasteiger charge is -2.24. The van der Waals surface area contributed by atoms with E-state index in [-0.39, 0.29) is 6.54 Å². The van der Waals surface area contributed by atoms with Crippen molar-refractivity contribution >= 4 is 34.3 Å². The van der Waals surface area contributed by atoms with Crippen molar-refractivity contribution in [1.29, 1.82) is 0 Å². The van der Waals surface area contributed by atoms with Crippen molar-refractivity contribution in [3.8, 4) is 0 Å². The second kappa shape index (κ2) is 6.81. The van der Waals surface area contributed by atoms with Gasteiger partial charge in [-0.15, -0.1) is 0 Å². The highest BCUT2D eigenvalue weighted by Crippen LogP contribution is 2.33. The van der Waals surface area contributed by atoms with Crippen molar-refractivity contribution in [2.24, 2.45) is 0 Å². The normalized spacial score (nSPS) is 19.0. The number of nitrogens with one attached hydrogen (secondary N) is 2. The second-order valence-electron chi connectivity index (χ2n) is 6.89. The number of benzene rings is 3.